The van der Waals surface area contributed by atoms with Gasteiger partial charge in [-0.2, -0.15) is 11.3 Å². The lowest BCUT2D eigenvalue weighted by Crippen LogP contribution is -2.11. The van der Waals surface area contributed by atoms with Crippen molar-refractivity contribution in [1.82, 2.24) is 0 Å². The number of carbonyl (C=O) groups is 1. The van der Waals surface area contributed by atoms with Crippen molar-refractivity contribution >= 4 is 50.5 Å². The summed E-state index contributed by atoms with van der Waals surface area (Å²) in [4.78, 5) is 11.9. The molecule has 2 nitrogen and oxygen atoms in total. The number of halogens is 2. The highest BCUT2D eigenvalue weighted by molar-refractivity contribution is 9.10. The van der Waals surface area contributed by atoms with Crippen molar-refractivity contribution in [2.45, 2.75) is 0 Å². The predicted molar refractivity (Wildman–Crippen MR) is 71.4 cm³/mol. The van der Waals surface area contributed by atoms with Crippen molar-refractivity contribution < 1.29 is 4.79 Å². The highest BCUT2D eigenvalue weighted by atomic mass is 79.9. The predicted octanol–water partition coefficient (Wildman–Crippen LogP) is 4.42. The largest absolute Gasteiger partial charge is 0.321 e. The summed E-state index contributed by atoms with van der Waals surface area (Å²) in [5.74, 6) is -0.151. The molecule has 0 atom stereocenters. The lowest BCUT2D eigenvalue weighted by molar-refractivity contribution is 0.102. The van der Waals surface area contributed by atoms with Gasteiger partial charge in [-0.1, -0.05) is 11.6 Å². The van der Waals surface area contributed by atoms with E-state index >= 15 is 0 Å². The number of hydrogen-bond donors (Lipinski definition) is 1. The molecule has 0 bridgehead atoms. The second kappa shape index (κ2) is 4.99. The Bertz CT molecular complexity index is 513. The minimum absolute atomic E-state index is 0.151. The molecule has 1 aromatic heterocycles. The van der Waals surface area contributed by atoms with Gasteiger partial charge >= 0.3 is 0 Å². The van der Waals surface area contributed by atoms with Crippen molar-refractivity contribution in [3.05, 3.63) is 50.1 Å². The van der Waals surface area contributed by atoms with Crippen LogP contribution in [0.15, 0.2) is 39.5 Å². The molecule has 1 N–H and O–H groups in total. The van der Waals surface area contributed by atoms with Crippen LogP contribution in [0.4, 0.5) is 5.69 Å². The maximum absolute atomic E-state index is 11.9. The first-order valence-corrected chi connectivity index (χ1v) is 6.57. The Morgan fingerprint density at radius 3 is 2.81 bits per heavy atom. The van der Waals surface area contributed by atoms with Gasteiger partial charge in [0.2, 0.25) is 0 Å². The monoisotopic (exact) mass is 315 g/mol. The van der Waals surface area contributed by atoms with Crippen LogP contribution in [0, 0.1) is 0 Å². The summed E-state index contributed by atoms with van der Waals surface area (Å²) >= 11 is 10.6. The Labute approximate surface area is 110 Å². The summed E-state index contributed by atoms with van der Waals surface area (Å²) in [6, 6.07) is 6.93. The van der Waals surface area contributed by atoms with E-state index in [9.17, 15) is 4.79 Å². The molecule has 5 heteroatoms. The van der Waals surface area contributed by atoms with Crippen LogP contribution >= 0.6 is 38.9 Å². The van der Waals surface area contributed by atoms with Crippen LogP contribution in [-0.2, 0) is 0 Å². The first kappa shape index (κ1) is 11.6. The summed E-state index contributed by atoms with van der Waals surface area (Å²) < 4.78 is 0.688. The van der Waals surface area contributed by atoms with Crippen LogP contribution in [0.25, 0.3) is 0 Å². The quantitative estimate of drug-likeness (QED) is 0.873. The van der Waals surface area contributed by atoms with Crippen LogP contribution in [0.3, 0.4) is 0 Å². The summed E-state index contributed by atoms with van der Waals surface area (Å²) in [6.45, 7) is 0. The van der Waals surface area contributed by atoms with Crippen molar-refractivity contribution in [3.63, 3.8) is 0 Å². The Morgan fingerprint density at radius 1 is 1.38 bits per heavy atom. The van der Waals surface area contributed by atoms with E-state index in [0.717, 1.165) is 5.69 Å². The summed E-state index contributed by atoms with van der Waals surface area (Å²) in [7, 11) is 0. The van der Waals surface area contributed by atoms with Gasteiger partial charge in [0.25, 0.3) is 5.91 Å². The smallest absolute Gasteiger partial charge is 0.256 e. The van der Waals surface area contributed by atoms with E-state index in [1.165, 1.54) is 11.3 Å². The van der Waals surface area contributed by atoms with Crippen molar-refractivity contribution in [2.24, 2.45) is 0 Å². The average molecular weight is 317 g/mol. The molecule has 0 unspecified atom stereocenters. The van der Waals surface area contributed by atoms with Crippen molar-refractivity contribution in [2.75, 3.05) is 5.32 Å². The van der Waals surface area contributed by atoms with Gasteiger partial charge in [0, 0.05) is 14.9 Å². The van der Waals surface area contributed by atoms with E-state index in [1.807, 2.05) is 16.8 Å². The third-order valence-corrected chi connectivity index (χ3v) is 3.53. The van der Waals surface area contributed by atoms with Gasteiger partial charge in [-0.15, -0.1) is 0 Å². The molecule has 0 radical (unpaired) electrons. The normalized spacial score (nSPS) is 10.1. The molecule has 0 saturated carbocycles. The number of nitrogens with one attached hydrogen (secondary N) is 1. The van der Waals surface area contributed by atoms with Gasteiger partial charge in [0.15, 0.2) is 0 Å². The van der Waals surface area contributed by atoms with E-state index < -0.39 is 0 Å². The first-order valence-electron chi connectivity index (χ1n) is 4.45. The maximum atomic E-state index is 11.9. The fraction of sp³-hybridized carbons (Fsp3) is 0. The van der Waals surface area contributed by atoms with Gasteiger partial charge in [-0.3, -0.25) is 4.79 Å². The molecule has 2 aromatic rings. The van der Waals surface area contributed by atoms with E-state index in [0.29, 0.717) is 15.1 Å². The molecule has 1 aromatic carbocycles. The molecule has 0 fully saturated rings. The highest BCUT2D eigenvalue weighted by Gasteiger charge is 2.10. The van der Waals surface area contributed by atoms with Gasteiger partial charge < -0.3 is 5.32 Å². The van der Waals surface area contributed by atoms with E-state index in [-0.39, 0.29) is 5.91 Å². The number of benzene rings is 1. The zero-order chi connectivity index (χ0) is 11.5. The standard InChI is InChI=1S/C11H7BrClNOS/c12-10-5-7(13)1-2-9(10)11(15)14-8-3-4-16-6-8/h1-6H,(H,14,15). The summed E-state index contributed by atoms with van der Waals surface area (Å²) in [5, 5.41) is 7.18. The average Bonchev–Trinajstić information content (AvgIpc) is 2.70. The molecular formula is C11H7BrClNOS. The van der Waals surface area contributed by atoms with E-state index in [4.69, 9.17) is 11.6 Å². The number of anilines is 1. The Hall–Kier alpha value is -0.840. The van der Waals surface area contributed by atoms with E-state index in [1.54, 1.807) is 18.2 Å². The third kappa shape index (κ3) is 2.64. The van der Waals surface area contributed by atoms with Gasteiger partial charge in [0.1, 0.15) is 0 Å². The molecule has 2 rings (SSSR count). The van der Waals surface area contributed by atoms with Crippen LogP contribution < -0.4 is 5.32 Å². The second-order valence-electron chi connectivity index (χ2n) is 3.09. The third-order valence-electron chi connectivity index (χ3n) is 1.95. The molecule has 82 valence electrons. The molecule has 0 saturated heterocycles. The molecule has 0 spiro atoms. The van der Waals surface area contributed by atoms with Gasteiger partial charge in [-0.25, -0.2) is 0 Å². The Morgan fingerprint density at radius 2 is 2.19 bits per heavy atom. The van der Waals surface area contributed by atoms with Crippen molar-refractivity contribution in [1.29, 1.82) is 0 Å². The fourth-order valence-electron chi connectivity index (χ4n) is 1.21. The molecule has 0 aliphatic carbocycles. The zero-order valence-corrected chi connectivity index (χ0v) is 11.2. The van der Waals surface area contributed by atoms with Crippen LogP contribution in [0.5, 0.6) is 0 Å². The number of carbonyl (C=O) groups excluding carboxylic acids is 1. The molecular weight excluding hydrogens is 310 g/mol. The Kier molecular flexibility index (Phi) is 3.63. The van der Waals surface area contributed by atoms with Crippen LogP contribution in [0.2, 0.25) is 5.02 Å². The minimum Gasteiger partial charge on any atom is -0.321 e. The lowest BCUT2D eigenvalue weighted by atomic mass is 10.2. The molecule has 16 heavy (non-hydrogen) atoms. The van der Waals surface area contributed by atoms with Crippen LogP contribution in [-0.4, -0.2) is 5.91 Å². The topological polar surface area (TPSA) is 29.1 Å². The molecule has 0 aliphatic heterocycles. The summed E-state index contributed by atoms with van der Waals surface area (Å²) in [5.41, 5.74) is 1.37. The number of rotatable bonds is 2. The minimum atomic E-state index is -0.151. The number of amides is 1. The number of hydrogen-bond acceptors (Lipinski definition) is 2. The van der Waals surface area contributed by atoms with Crippen molar-refractivity contribution in [3.8, 4) is 0 Å². The lowest BCUT2D eigenvalue weighted by Gasteiger charge is -2.05. The van der Waals surface area contributed by atoms with Gasteiger partial charge in [0.05, 0.1) is 11.3 Å². The zero-order valence-electron chi connectivity index (χ0n) is 8.04. The number of thiophene rings is 1. The molecule has 1 heterocycles. The first-order chi connectivity index (χ1) is 7.66. The van der Waals surface area contributed by atoms with Gasteiger partial charge in [-0.05, 0) is 45.6 Å². The van der Waals surface area contributed by atoms with Crippen LogP contribution in [0.1, 0.15) is 10.4 Å². The fourth-order valence-corrected chi connectivity index (χ4v) is 2.66. The maximum Gasteiger partial charge on any atom is 0.256 e. The SMILES string of the molecule is O=C(Nc1ccsc1)c1ccc(Cl)cc1Br. The second-order valence-corrected chi connectivity index (χ2v) is 5.16. The Balaban J connectivity index is 2.21. The summed E-state index contributed by atoms with van der Waals surface area (Å²) in [6.07, 6.45) is 0. The molecule has 0 aliphatic rings. The van der Waals surface area contributed by atoms with E-state index in [2.05, 4.69) is 21.2 Å². The highest BCUT2D eigenvalue weighted by Crippen LogP contribution is 2.23. The molecule has 1 amide bonds.